The molecule has 2 amide bonds. The highest BCUT2D eigenvalue weighted by Gasteiger charge is 2.14. The number of halogens is 2. The number of carbonyl (C=O) groups is 2. The lowest BCUT2D eigenvalue weighted by Crippen LogP contribution is -2.43. The van der Waals surface area contributed by atoms with Gasteiger partial charge in [-0.05, 0) is 41.3 Å². The van der Waals surface area contributed by atoms with Crippen LogP contribution in [-0.2, 0) is 10.2 Å². The van der Waals surface area contributed by atoms with Crippen molar-refractivity contribution in [2.24, 2.45) is 0 Å². The zero-order valence-electron chi connectivity index (χ0n) is 14.7. The Kier molecular flexibility index (Phi) is 6.67. The van der Waals surface area contributed by atoms with Crippen LogP contribution in [0.2, 0.25) is 5.02 Å². The number of carbonyl (C=O) groups excluding carboxylic acids is 2. The van der Waals surface area contributed by atoms with Crippen LogP contribution >= 0.6 is 27.5 Å². The molecule has 0 aliphatic carbocycles. The second kappa shape index (κ2) is 8.56. The summed E-state index contributed by atoms with van der Waals surface area (Å²) in [5, 5.41) is 0.384. The number of ether oxygens (including phenoxy) is 1. The number of hydrogen-bond acceptors (Lipinski definition) is 3. The molecule has 0 unspecified atom stereocenters. The van der Waals surface area contributed by atoms with E-state index in [0.717, 1.165) is 10.0 Å². The van der Waals surface area contributed by atoms with E-state index in [9.17, 15) is 9.59 Å². The van der Waals surface area contributed by atoms with Gasteiger partial charge < -0.3 is 4.74 Å². The fourth-order valence-corrected chi connectivity index (χ4v) is 2.82. The van der Waals surface area contributed by atoms with Crippen LogP contribution in [-0.4, -0.2) is 18.4 Å². The standard InChI is InChI=1S/C19H20BrClN2O3/c1-19(2,3)13-6-4-12(5-7-13)18(25)23-22-17(24)11-26-16-9-8-14(20)10-15(16)21/h4-10H,11H2,1-3H3,(H,22,24)(H,23,25). The summed E-state index contributed by atoms with van der Waals surface area (Å²) < 4.78 is 6.14. The Morgan fingerprint density at radius 2 is 1.73 bits per heavy atom. The van der Waals surface area contributed by atoms with Crippen molar-refractivity contribution >= 4 is 39.3 Å². The highest BCUT2D eigenvalue weighted by atomic mass is 79.9. The van der Waals surface area contributed by atoms with Crippen molar-refractivity contribution < 1.29 is 14.3 Å². The molecule has 26 heavy (non-hydrogen) atoms. The normalized spacial score (nSPS) is 11.0. The highest BCUT2D eigenvalue weighted by molar-refractivity contribution is 9.10. The molecule has 2 rings (SSSR count). The molecule has 0 aliphatic heterocycles. The smallest absolute Gasteiger partial charge is 0.276 e. The summed E-state index contributed by atoms with van der Waals surface area (Å²) in [6.07, 6.45) is 0. The first-order valence-corrected chi connectivity index (χ1v) is 9.11. The molecule has 0 spiro atoms. The van der Waals surface area contributed by atoms with Gasteiger partial charge in [-0.3, -0.25) is 20.4 Å². The van der Waals surface area contributed by atoms with E-state index in [1.165, 1.54) is 0 Å². The van der Waals surface area contributed by atoms with Gasteiger partial charge in [0.15, 0.2) is 6.61 Å². The number of benzene rings is 2. The lowest BCUT2D eigenvalue weighted by atomic mass is 9.87. The lowest BCUT2D eigenvalue weighted by Gasteiger charge is -2.19. The van der Waals surface area contributed by atoms with Gasteiger partial charge in [-0.1, -0.05) is 60.4 Å². The monoisotopic (exact) mass is 438 g/mol. The predicted octanol–water partition coefficient (Wildman–Crippen LogP) is 4.24. The Morgan fingerprint density at radius 3 is 2.31 bits per heavy atom. The molecule has 0 aromatic heterocycles. The molecule has 0 heterocycles. The van der Waals surface area contributed by atoms with Crippen LogP contribution in [0, 0.1) is 0 Å². The molecular weight excluding hydrogens is 420 g/mol. The molecule has 5 nitrogen and oxygen atoms in total. The zero-order chi connectivity index (χ0) is 19.3. The number of hydrogen-bond donors (Lipinski definition) is 2. The van der Waals surface area contributed by atoms with Crippen LogP contribution in [0.1, 0.15) is 36.7 Å². The average molecular weight is 440 g/mol. The van der Waals surface area contributed by atoms with Crippen LogP contribution in [0.3, 0.4) is 0 Å². The molecule has 0 radical (unpaired) electrons. The van der Waals surface area contributed by atoms with E-state index in [4.69, 9.17) is 16.3 Å². The molecule has 138 valence electrons. The lowest BCUT2D eigenvalue weighted by molar-refractivity contribution is -0.123. The summed E-state index contributed by atoms with van der Waals surface area (Å²) in [7, 11) is 0. The first kappa shape index (κ1) is 20.3. The summed E-state index contributed by atoms with van der Waals surface area (Å²) in [5.74, 6) is -0.516. The molecule has 0 atom stereocenters. The summed E-state index contributed by atoms with van der Waals surface area (Å²) in [6.45, 7) is 6.02. The van der Waals surface area contributed by atoms with E-state index in [0.29, 0.717) is 16.3 Å². The fraction of sp³-hybridized carbons (Fsp3) is 0.263. The Hall–Kier alpha value is -2.05. The minimum Gasteiger partial charge on any atom is -0.482 e. The van der Waals surface area contributed by atoms with Crippen molar-refractivity contribution in [2.75, 3.05) is 6.61 Å². The number of nitrogens with one attached hydrogen (secondary N) is 2. The zero-order valence-corrected chi connectivity index (χ0v) is 17.1. The number of amides is 2. The van der Waals surface area contributed by atoms with Crippen molar-refractivity contribution in [3.63, 3.8) is 0 Å². The van der Waals surface area contributed by atoms with Crippen molar-refractivity contribution in [3.05, 3.63) is 63.1 Å². The van der Waals surface area contributed by atoms with E-state index in [1.807, 2.05) is 12.1 Å². The third-order valence-electron chi connectivity index (χ3n) is 3.58. The Morgan fingerprint density at radius 1 is 1.08 bits per heavy atom. The maximum atomic E-state index is 12.1. The van der Waals surface area contributed by atoms with Gasteiger partial charge in [0.2, 0.25) is 0 Å². The average Bonchev–Trinajstić information content (AvgIpc) is 2.58. The van der Waals surface area contributed by atoms with E-state index >= 15 is 0 Å². The van der Waals surface area contributed by atoms with Gasteiger partial charge in [-0.25, -0.2) is 0 Å². The quantitative estimate of drug-likeness (QED) is 0.700. The minimum atomic E-state index is -0.497. The molecule has 0 saturated heterocycles. The fourth-order valence-electron chi connectivity index (χ4n) is 2.09. The van der Waals surface area contributed by atoms with Crippen molar-refractivity contribution in [2.45, 2.75) is 26.2 Å². The SMILES string of the molecule is CC(C)(C)c1ccc(C(=O)NNC(=O)COc2ccc(Br)cc2Cl)cc1. The maximum absolute atomic E-state index is 12.1. The first-order valence-electron chi connectivity index (χ1n) is 7.94. The topological polar surface area (TPSA) is 67.4 Å². The van der Waals surface area contributed by atoms with Gasteiger partial charge >= 0.3 is 0 Å². The van der Waals surface area contributed by atoms with Gasteiger partial charge in [0.1, 0.15) is 5.75 Å². The van der Waals surface area contributed by atoms with Gasteiger partial charge in [0.05, 0.1) is 5.02 Å². The van der Waals surface area contributed by atoms with Crippen LogP contribution in [0.4, 0.5) is 0 Å². The predicted molar refractivity (Wildman–Crippen MR) is 105 cm³/mol. The van der Waals surface area contributed by atoms with Crippen LogP contribution in [0.15, 0.2) is 46.9 Å². The summed E-state index contributed by atoms with van der Waals surface area (Å²) in [5.41, 5.74) is 6.25. The number of rotatable bonds is 4. The van der Waals surface area contributed by atoms with E-state index in [-0.39, 0.29) is 12.0 Å². The first-order chi connectivity index (χ1) is 12.2. The Bertz CT molecular complexity index is 801. The molecule has 0 fully saturated rings. The summed E-state index contributed by atoms with van der Waals surface area (Å²) in [4.78, 5) is 23.9. The van der Waals surface area contributed by atoms with Crippen LogP contribution < -0.4 is 15.6 Å². The molecule has 2 aromatic rings. The molecule has 7 heteroatoms. The van der Waals surface area contributed by atoms with Crippen LogP contribution in [0.25, 0.3) is 0 Å². The van der Waals surface area contributed by atoms with Gasteiger partial charge in [-0.2, -0.15) is 0 Å². The maximum Gasteiger partial charge on any atom is 0.276 e. The summed E-state index contributed by atoms with van der Waals surface area (Å²) >= 11 is 9.30. The molecule has 2 N–H and O–H groups in total. The Labute approximate surface area is 166 Å². The minimum absolute atomic E-state index is 0.00879. The third kappa shape index (κ3) is 5.75. The molecule has 2 aromatic carbocycles. The third-order valence-corrected chi connectivity index (χ3v) is 4.37. The molecule has 0 saturated carbocycles. The summed E-state index contributed by atoms with van der Waals surface area (Å²) in [6, 6.07) is 12.3. The second-order valence-electron chi connectivity index (χ2n) is 6.69. The van der Waals surface area contributed by atoms with Gasteiger partial charge in [0.25, 0.3) is 11.8 Å². The molecular formula is C19H20BrClN2O3. The Balaban J connectivity index is 1.84. The van der Waals surface area contributed by atoms with Crippen LogP contribution in [0.5, 0.6) is 5.75 Å². The van der Waals surface area contributed by atoms with Crippen molar-refractivity contribution in [1.82, 2.24) is 10.9 Å². The van der Waals surface area contributed by atoms with E-state index in [1.54, 1.807) is 30.3 Å². The van der Waals surface area contributed by atoms with Crippen molar-refractivity contribution in [1.29, 1.82) is 0 Å². The van der Waals surface area contributed by atoms with E-state index in [2.05, 4.69) is 47.6 Å². The molecule has 0 aliphatic rings. The van der Waals surface area contributed by atoms with Gasteiger partial charge in [-0.15, -0.1) is 0 Å². The largest absolute Gasteiger partial charge is 0.482 e. The highest BCUT2D eigenvalue weighted by Crippen LogP contribution is 2.27. The van der Waals surface area contributed by atoms with Gasteiger partial charge in [0, 0.05) is 10.0 Å². The van der Waals surface area contributed by atoms with Crippen molar-refractivity contribution in [3.8, 4) is 5.75 Å². The molecule has 0 bridgehead atoms. The van der Waals surface area contributed by atoms with E-state index < -0.39 is 11.8 Å². The number of hydrazine groups is 1. The second-order valence-corrected chi connectivity index (χ2v) is 8.02.